The lowest BCUT2D eigenvalue weighted by atomic mass is 9.93. The Morgan fingerprint density at radius 3 is 2.36 bits per heavy atom. The van der Waals surface area contributed by atoms with E-state index in [1.807, 2.05) is 42.5 Å². The third kappa shape index (κ3) is 6.68. The van der Waals surface area contributed by atoms with Crippen LogP contribution in [0.15, 0.2) is 82.6 Å². The average Bonchev–Trinajstić information content (AvgIpc) is 2.95. The number of benzene rings is 3. The van der Waals surface area contributed by atoms with Crippen LogP contribution < -0.4 is 5.56 Å². The van der Waals surface area contributed by atoms with Gasteiger partial charge in [0, 0.05) is 18.2 Å². The van der Waals surface area contributed by atoms with E-state index in [0.717, 1.165) is 40.4 Å². The molecule has 1 aliphatic heterocycles. The maximum atomic E-state index is 13.9. The molecule has 0 bridgehead atoms. The van der Waals surface area contributed by atoms with Crippen LogP contribution in [0.25, 0.3) is 21.9 Å². The number of nitrogens with zero attached hydrogens (tertiary/aromatic N) is 2. The van der Waals surface area contributed by atoms with Gasteiger partial charge in [0.05, 0.1) is 12.7 Å². The summed E-state index contributed by atoms with van der Waals surface area (Å²) in [4.78, 5) is 39.6. The van der Waals surface area contributed by atoms with Crippen molar-refractivity contribution in [2.75, 3.05) is 20.2 Å². The zero-order valence-electron chi connectivity index (χ0n) is 24.6. The van der Waals surface area contributed by atoms with Crippen LogP contribution in [0.1, 0.15) is 43.5 Å². The number of alkyl halides is 3. The van der Waals surface area contributed by atoms with Crippen molar-refractivity contribution in [2.24, 2.45) is 0 Å². The average molecular weight is 625 g/mol. The summed E-state index contributed by atoms with van der Waals surface area (Å²) in [5.74, 6) is -1.28. The van der Waals surface area contributed by atoms with Crippen LogP contribution in [0.3, 0.4) is 0 Å². The first-order valence-electron chi connectivity index (χ1n) is 13.9. The van der Waals surface area contributed by atoms with Crippen LogP contribution >= 0.6 is 11.9 Å². The van der Waals surface area contributed by atoms with E-state index in [4.69, 9.17) is 9.47 Å². The monoisotopic (exact) mass is 624 g/mol. The number of methoxy groups -OCH3 is 1. The Morgan fingerprint density at radius 1 is 0.955 bits per heavy atom. The summed E-state index contributed by atoms with van der Waals surface area (Å²) in [7, 11) is 1.19. The van der Waals surface area contributed by atoms with Crippen LogP contribution in [-0.4, -0.2) is 46.6 Å². The van der Waals surface area contributed by atoms with E-state index in [-0.39, 0.29) is 30.1 Å². The van der Waals surface area contributed by atoms with Crippen LogP contribution in [-0.2, 0) is 31.7 Å². The molecular weight excluding hydrogens is 593 g/mol. The lowest BCUT2D eigenvalue weighted by Gasteiger charge is -2.35. The maximum absolute atomic E-state index is 13.9. The highest BCUT2D eigenvalue weighted by atomic mass is 32.2. The third-order valence-electron chi connectivity index (χ3n) is 7.13. The molecule has 44 heavy (non-hydrogen) atoms. The molecule has 3 aromatic carbocycles. The molecule has 7 nitrogen and oxygen atoms in total. The highest BCUT2D eigenvalue weighted by Crippen LogP contribution is 2.42. The van der Waals surface area contributed by atoms with Crippen LogP contribution in [0.5, 0.6) is 0 Å². The van der Waals surface area contributed by atoms with Gasteiger partial charge in [-0.1, -0.05) is 54.6 Å². The van der Waals surface area contributed by atoms with Gasteiger partial charge in [0.2, 0.25) is 0 Å². The lowest BCUT2D eigenvalue weighted by Crippen LogP contribution is -2.44. The van der Waals surface area contributed by atoms with Crippen molar-refractivity contribution in [3.8, 4) is 11.1 Å². The molecule has 230 valence electrons. The summed E-state index contributed by atoms with van der Waals surface area (Å²) in [6, 6.07) is 18.6. The predicted molar refractivity (Wildman–Crippen MR) is 162 cm³/mol. The topological polar surface area (TPSA) is 77.8 Å². The number of halogens is 3. The minimum atomic E-state index is -4.61. The van der Waals surface area contributed by atoms with E-state index >= 15 is 0 Å². The molecule has 1 unspecified atom stereocenters. The summed E-state index contributed by atoms with van der Waals surface area (Å²) in [5.41, 5.74) is -0.199. The SMILES string of the molecule is COC(=O)C1CN(CC(=O)OC(C)(C)C)Sc2c(-c3cccc(C(F)(F)F)c3)c(Cc3cccc4ccccc34)cc(=O)n21. The van der Waals surface area contributed by atoms with Crippen molar-refractivity contribution < 1.29 is 32.2 Å². The number of ether oxygens (including phenoxy) is 2. The highest BCUT2D eigenvalue weighted by Gasteiger charge is 2.37. The van der Waals surface area contributed by atoms with Gasteiger partial charge >= 0.3 is 18.1 Å². The van der Waals surface area contributed by atoms with E-state index in [1.54, 1.807) is 31.1 Å². The van der Waals surface area contributed by atoms with Gasteiger partial charge in [-0.15, -0.1) is 0 Å². The lowest BCUT2D eigenvalue weighted by molar-refractivity contribution is -0.156. The van der Waals surface area contributed by atoms with Gasteiger partial charge in [-0.2, -0.15) is 13.2 Å². The van der Waals surface area contributed by atoms with Crippen molar-refractivity contribution in [3.05, 3.63) is 99.8 Å². The molecule has 0 saturated heterocycles. The first kappa shape index (κ1) is 31.3. The second-order valence-electron chi connectivity index (χ2n) is 11.5. The van der Waals surface area contributed by atoms with Gasteiger partial charge in [0.1, 0.15) is 23.2 Å². The summed E-state index contributed by atoms with van der Waals surface area (Å²) >= 11 is 1.03. The van der Waals surface area contributed by atoms with Gasteiger partial charge in [-0.25, -0.2) is 9.10 Å². The second-order valence-corrected chi connectivity index (χ2v) is 12.6. The van der Waals surface area contributed by atoms with E-state index < -0.39 is 40.9 Å². The second kappa shape index (κ2) is 12.1. The number of hydrogen-bond acceptors (Lipinski definition) is 7. The van der Waals surface area contributed by atoms with Crippen molar-refractivity contribution >= 4 is 34.7 Å². The van der Waals surface area contributed by atoms with E-state index in [0.29, 0.717) is 11.1 Å². The summed E-state index contributed by atoms with van der Waals surface area (Å²) < 4.78 is 55.0. The molecule has 4 aromatic rings. The van der Waals surface area contributed by atoms with Crippen molar-refractivity contribution in [2.45, 2.75) is 50.0 Å². The number of esters is 2. The summed E-state index contributed by atoms with van der Waals surface area (Å²) in [6.45, 7) is 4.89. The first-order valence-corrected chi connectivity index (χ1v) is 14.7. The minimum Gasteiger partial charge on any atom is -0.467 e. The van der Waals surface area contributed by atoms with Crippen molar-refractivity contribution in [1.29, 1.82) is 0 Å². The number of rotatable bonds is 6. The normalized spacial score (nSPS) is 15.6. The maximum Gasteiger partial charge on any atom is 0.416 e. The molecule has 0 radical (unpaired) electrons. The number of aromatic nitrogens is 1. The van der Waals surface area contributed by atoms with Crippen molar-refractivity contribution in [3.63, 3.8) is 0 Å². The fraction of sp³-hybridized carbons (Fsp3) is 0.303. The van der Waals surface area contributed by atoms with Crippen LogP contribution in [0.4, 0.5) is 13.2 Å². The molecule has 0 fully saturated rings. The molecule has 11 heteroatoms. The molecule has 1 atom stereocenters. The number of fused-ring (bicyclic) bond motifs is 2. The molecule has 0 spiro atoms. The Labute approximate surface area is 256 Å². The third-order valence-corrected chi connectivity index (χ3v) is 8.24. The molecule has 0 amide bonds. The zero-order valence-corrected chi connectivity index (χ0v) is 25.4. The van der Waals surface area contributed by atoms with Gasteiger partial charge in [0.25, 0.3) is 5.56 Å². The van der Waals surface area contributed by atoms with E-state index in [2.05, 4.69) is 0 Å². The molecule has 1 aromatic heterocycles. The summed E-state index contributed by atoms with van der Waals surface area (Å²) in [5, 5.41) is 2.15. The predicted octanol–water partition coefficient (Wildman–Crippen LogP) is 6.66. The van der Waals surface area contributed by atoms with Gasteiger partial charge in [-0.3, -0.25) is 14.2 Å². The quantitative estimate of drug-likeness (QED) is 0.176. The Kier molecular flexibility index (Phi) is 8.64. The molecule has 2 heterocycles. The fourth-order valence-electron chi connectivity index (χ4n) is 5.35. The van der Waals surface area contributed by atoms with Gasteiger partial charge in [0.15, 0.2) is 0 Å². The molecule has 1 aliphatic rings. The summed E-state index contributed by atoms with van der Waals surface area (Å²) in [6.07, 6.45) is -4.38. The van der Waals surface area contributed by atoms with Crippen molar-refractivity contribution in [1.82, 2.24) is 8.87 Å². The first-order chi connectivity index (χ1) is 20.7. The highest BCUT2D eigenvalue weighted by molar-refractivity contribution is 7.97. The Bertz CT molecular complexity index is 1790. The largest absolute Gasteiger partial charge is 0.467 e. The standard InChI is InChI=1S/C33H31F3N2O5S/c1-32(2,3)43-28(40)19-37-18-26(31(41)42-4)38-27(39)17-23(15-21-11-7-10-20-9-5-6-14-25(20)21)29(30(38)44-37)22-12-8-13-24(16-22)33(34,35)36/h5-14,16-17,26H,15,18-19H2,1-4H3. The molecular formula is C33H31F3N2O5S. The van der Waals surface area contributed by atoms with E-state index in [9.17, 15) is 27.6 Å². The molecule has 0 N–H and O–H groups in total. The number of carbonyl (C=O) groups excluding carboxylic acids is 2. The number of pyridine rings is 1. The van der Waals surface area contributed by atoms with Gasteiger partial charge < -0.3 is 9.47 Å². The van der Waals surface area contributed by atoms with Crippen LogP contribution in [0.2, 0.25) is 0 Å². The Hall–Kier alpha value is -4.09. The van der Waals surface area contributed by atoms with Gasteiger partial charge in [-0.05, 0) is 78.7 Å². The fourth-order valence-corrected chi connectivity index (χ4v) is 6.62. The molecule has 0 saturated carbocycles. The zero-order chi connectivity index (χ0) is 31.8. The smallest absolute Gasteiger partial charge is 0.416 e. The van der Waals surface area contributed by atoms with E-state index in [1.165, 1.54) is 23.8 Å². The minimum absolute atomic E-state index is 0.0613. The molecule has 0 aliphatic carbocycles. The Morgan fingerprint density at radius 2 is 1.66 bits per heavy atom. The molecule has 5 rings (SSSR count). The number of carbonyl (C=O) groups is 2. The number of hydrogen-bond donors (Lipinski definition) is 0. The Balaban J connectivity index is 1.73. The van der Waals surface area contributed by atoms with Crippen LogP contribution in [0, 0.1) is 0 Å².